The Kier molecular flexibility index (Phi) is 3.60. The molecule has 1 saturated heterocycles. The van der Waals surface area contributed by atoms with E-state index in [2.05, 4.69) is 5.32 Å². The molecular weight excluding hydrogens is 276 g/mol. The van der Waals surface area contributed by atoms with Crippen LogP contribution in [-0.2, 0) is 10.0 Å². The number of piperidine rings is 1. The van der Waals surface area contributed by atoms with Crippen LogP contribution in [0.4, 0.5) is 5.69 Å². The van der Waals surface area contributed by atoms with Gasteiger partial charge in [-0.3, -0.25) is 0 Å². The molecule has 0 amide bonds. The lowest BCUT2D eigenvalue weighted by Crippen LogP contribution is -2.35. The van der Waals surface area contributed by atoms with E-state index in [1.54, 1.807) is 22.5 Å². The maximum atomic E-state index is 12.6. The van der Waals surface area contributed by atoms with Crippen LogP contribution in [0.1, 0.15) is 26.2 Å². The lowest BCUT2D eigenvalue weighted by atomic mass is 10.2. The number of sulfonamides is 1. The monoisotopic (exact) mass is 296 g/mol. The third-order valence-corrected chi connectivity index (χ3v) is 5.71. The van der Waals surface area contributed by atoms with Crippen LogP contribution in [0.3, 0.4) is 0 Å². The van der Waals surface area contributed by atoms with Crippen LogP contribution in [0.15, 0.2) is 23.1 Å². The van der Waals surface area contributed by atoms with Gasteiger partial charge in [-0.15, -0.1) is 0 Å². The Bertz CT molecular complexity index is 594. The summed E-state index contributed by atoms with van der Waals surface area (Å²) >= 11 is 0. The molecule has 0 saturated carbocycles. The molecule has 0 spiro atoms. The zero-order chi connectivity index (χ0) is 14.2. The van der Waals surface area contributed by atoms with Crippen molar-refractivity contribution in [1.82, 2.24) is 4.31 Å². The average Bonchev–Trinajstić information content (AvgIpc) is 2.47. The Balaban J connectivity index is 1.90. The first-order valence-corrected chi connectivity index (χ1v) is 8.56. The normalized spacial score (nSPS) is 23.6. The summed E-state index contributed by atoms with van der Waals surface area (Å²) in [5.41, 5.74) is 0.765. The molecule has 1 N–H and O–H groups in total. The van der Waals surface area contributed by atoms with E-state index < -0.39 is 10.0 Å². The molecule has 0 aliphatic carbocycles. The van der Waals surface area contributed by atoms with Crippen molar-refractivity contribution < 1.29 is 13.2 Å². The number of nitrogens with zero attached hydrogens (tertiary/aromatic N) is 1. The van der Waals surface area contributed by atoms with Crippen molar-refractivity contribution in [2.24, 2.45) is 0 Å². The number of ether oxygens (including phenoxy) is 1. The minimum Gasteiger partial charge on any atom is -0.487 e. The van der Waals surface area contributed by atoms with E-state index in [4.69, 9.17) is 4.74 Å². The highest BCUT2D eigenvalue weighted by atomic mass is 32.2. The van der Waals surface area contributed by atoms with Gasteiger partial charge < -0.3 is 10.1 Å². The molecule has 1 unspecified atom stereocenters. The third-order valence-electron chi connectivity index (χ3n) is 3.81. The molecule has 2 heterocycles. The number of anilines is 1. The Hall–Kier alpha value is -1.27. The third kappa shape index (κ3) is 2.50. The van der Waals surface area contributed by atoms with Crippen LogP contribution in [0.2, 0.25) is 0 Å². The van der Waals surface area contributed by atoms with Gasteiger partial charge in [0.05, 0.1) is 17.1 Å². The Morgan fingerprint density at radius 2 is 2.00 bits per heavy atom. The van der Waals surface area contributed by atoms with E-state index in [0.29, 0.717) is 24.5 Å². The van der Waals surface area contributed by atoms with E-state index in [-0.39, 0.29) is 6.10 Å². The number of fused-ring (bicyclic) bond motifs is 1. The molecule has 0 radical (unpaired) electrons. The van der Waals surface area contributed by atoms with Gasteiger partial charge >= 0.3 is 0 Å². The fourth-order valence-electron chi connectivity index (χ4n) is 2.68. The SMILES string of the molecule is CC1CNc2cc(S(=O)(=O)N3CCCCC3)ccc2O1. The molecular formula is C14H20N2O3S. The highest BCUT2D eigenvalue weighted by Crippen LogP contribution is 2.32. The number of hydrogen-bond acceptors (Lipinski definition) is 4. The zero-order valence-electron chi connectivity index (χ0n) is 11.6. The predicted octanol–water partition coefficient (Wildman–Crippen LogP) is 2.05. The molecule has 2 aliphatic rings. The fraction of sp³-hybridized carbons (Fsp3) is 0.571. The van der Waals surface area contributed by atoms with Gasteiger partial charge in [0.25, 0.3) is 0 Å². The van der Waals surface area contributed by atoms with E-state index >= 15 is 0 Å². The molecule has 20 heavy (non-hydrogen) atoms. The first kappa shape index (κ1) is 13.7. The van der Waals surface area contributed by atoms with Crippen molar-refractivity contribution in [2.75, 3.05) is 25.0 Å². The quantitative estimate of drug-likeness (QED) is 0.907. The van der Waals surface area contributed by atoms with Crippen LogP contribution in [-0.4, -0.2) is 38.5 Å². The number of rotatable bonds is 2. The first-order valence-electron chi connectivity index (χ1n) is 7.12. The van der Waals surface area contributed by atoms with Crippen LogP contribution < -0.4 is 10.1 Å². The van der Waals surface area contributed by atoms with Crippen LogP contribution in [0.5, 0.6) is 5.75 Å². The highest BCUT2D eigenvalue weighted by molar-refractivity contribution is 7.89. The molecule has 5 nitrogen and oxygen atoms in total. The summed E-state index contributed by atoms with van der Waals surface area (Å²) in [7, 11) is -3.37. The molecule has 1 aromatic carbocycles. The van der Waals surface area contributed by atoms with Crippen LogP contribution >= 0.6 is 0 Å². The number of hydrogen-bond donors (Lipinski definition) is 1. The van der Waals surface area contributed by atoms with Crippen molar-refractivity contribution in [3.63, 3.8) is 0 Å². The highest BCUT2D eigenvalue weighted by Gasteiger charge is 2.27. The molecule has 0 aromatic heterocycles. The van der Waals surface area contributed by atoms with Crippen molar-refractivity contribution in [2.45, 2.75) is 37.2 Å². The van der Waals surface area contributed by atoms with Crippen molar-refractivity contribution in [3.05, 3.63) is 18.2 Å². The Morgan fingerprint density at radius 3 is 2.75 bits per heavy atom. The molecule has 1 aromatic rings. The van der Waals surface area contributed by atoms with Gasteiger partial charge in [-0.25, -0.2) is 8.42 Å². The largest absolute Gasteiger partial charge is 0.487 e. The average molecular weight is 296 g/mol. The first-order chi connectivity index (χ1) is 9.57. The second-order valence-corrected chi connectivity index (χ2v) is 7.37. The predicted molar refractivity (Wildman–Crippen MR) is 77.6 cm³/mol. The smallest absolute Gasteiger partial charge is 0.243 e. The van der Waals surface area contributed by atoms with Gasteiger partial charge in [0.1, 0.15) is 11.9 Å². The summed E-state index contributed by atoms with van der Waals surface area (Å²) in [5.74, 6) is 0.723. The summed E-state index contributed by atoms with van der Waals surface area (Å²) in [6.07, 6.45) is 3.11. The second-order valence-electron chi connectivity index (χ2n) is 5.43. The zero-order valence-corrected chi connectivity index (χ0v) is 12.4. The van der Waals surface area contributed by atoms with E-state index in [1.807, 2.05) is 6.92 Å². The van der Waals surface area contributed by atoms with E-state index in [1.165, 1.54) is 0 Å². The molecule has 6 heteroatoms. The van der Waals surface area contributed by atoms with Gasteiger partial charge in [0.2, 0.25) is 10.0 Å². The number of nitrogens with one attached hydrogen (secondary N) is 1. The van der Waals surface area contributed by atoms with Crippen molar-refractivity contribution >= 4 is 15.7 Å². The van der Waals surface area contributed by atoms with Gasteiger partial charge in [0.15, 0.2) is 0 Å². The lowest BCUT2D eigenvalue weighted by Gasteiger charge is -2.28. The van der Waals surface area contributed by atoms with Crippen molar-refractivity contribution in [3.8, 4) is 5.75 Å². The molecule has 110 valence electrons. The molecule has 0 bridgehead atoms. The maximum Gasteiger partial charge on any atom is 0.243 e. The van der Waals surface area contributed by atoms with Crippen LogP contribution in [0.25, 0.3) is 0 Å². The summed E-state index contributed by atoms with van der Waals surface area (Å²) in [5, 5.41) is 3.22. The minimum absolute atomic E-state index is 0.104. The maximum absolute atomic E-state index is 12.6. The van der Waals surface area contributed by atoms with Gasteiger partial charge in [-0.2, -0.15) is 4.31 Å². The molecule has 2 aliphatic heterocycles. The molecule has 3 rings (SSSR count). The lowest BCUT2D eigenvalue weighted by molar-refractivity contribution is 0.226. The van der Waals surface area contributed by atoms with Crippen LogP contribution in [0, 0.1) is 0 Å². The van der Waals surface area contributed by atoms with Crippen molar-refractivity contribution in [1.29, 1.82) is 0 Å². The second kappa shape index (κ2) is 5.26. The Labute approximate surface area is 120 Å². The minimum atomic E-state index is -3.37. The van der Waals surface area contributed by atoms with Gasteiger partial charge in [-0.1, -0.05) is 6.42 Å². The summed E-state index contributed by atoms with van der Waals surface area (Å²) in [4.78, 5) is 0.351. The number of benzene rings is 1. The molecule has 1 fully saturated rings. The van der Waals surface area contributed by atoms with Gasteiger partial charge in [-0.05, 0) is 38.0 Å². The Morgan fingerprint density at radius 1 is 1.25 bits per heavy atom. The fourth-order valence-corrected chi connectivity index (χ4v) is 4.22. The van der Waals surface area contributed by atoms with E-state index in [9.17, 15) is 8.42 Å². The van der Waals surface area contributed by atoms with Gasteiger partial charge in [0, 0.05) is 13.1 Å². The summed E-state index contributed by atoms with van der Waals surface area (Å²) < 4.78 is 32.5. The van der Waals surface area contributed by atoms with E-state index in [0.717, 1.165) is 30.7 Å². The molecule has 1 atom stereocenters. The summed E-state index contributed by atoms with van der Waals surface area (Å²) in [6.45, 7) is 3.93. The topological polar surface area (TPSA) is 58.6 Å². The standard InChI is InChI=1S/C14H20N2O3S/c1-11-10-15-13-9-12(5-6-14(13)19-11)20(17,18)16-7-3-2-4-8-16/h5-6,9,11,15H,2-4,7-8,10H2,1H3. The summed E-state index contributed by atoms with van der Waals surface area (Å²) in [6, 6.07) is 5.07.